The number of nitrogens with zero attached hydrogens (tertiary/aromatic N) is 2. The van der Waals surface area contributed by atoms with Crippen LogP contribution in [0.15, 0.2) is 30.3 Å². The zero-order chi connectivity index (χ0) is 22.5. The molecule has 2 aromatic carbocycles. The molecular weight excluding hydrogens is 426 g/mol. The SMILES string of the molecule is Cc1ccc(NC(=O)C23CCC(C)(c4nc5cc6c(cc5nc42)OCO6)C3(C)C)cc1Cl. The Kier molecular flexibility index (Phi) is 3.79. The first-order chi connectivity index (χ1) is 15.2. The smallest absolute Gasteiger partial charge is 0.237 e. The fourth-order valence-electron chi connectivity index (χ4n) is 5.90. The molecule has 1 aromatic heterocycles. The second kappa shape index (κ2) is 6.13. The van der Waals surface area contributed by atoms with Gasteiger partial charge in [-0.1, -0.05) is 38.4 Å². The number of aromatic nitrogens is 2. The van der Waals surface area contributed by atoms with Crippen LogP contribution in [0.25, 0.3) is 11.0 Å². The molecule has 2 unspecified atom stereocenters. The molecule has 2 bridgehead atoms. The minimum absolute atomic E-state index is 0.0562. The highest BCUT2D eigenvalue weighted by molar-refractivity contribution is 6.31. The second-order valence-corrected chi connectivity index (χ2v) is 10.3. The highest BCUT2D eigenvalue weighted by Crippen LogP contribution is 2.70. The Bertz CT molecular complexity index is 1340. The van der Waals surface area contributed by atoms with Crippen LogP contribution in [0, 0.1) is 12.3 Å². The molecule has 1 N–H and O–H groups in total. The molecule has 1 fully saturated rings. The maximum atomic E-state index is 14.0. The summed E-state index contributed by atoms with van der Waals surface area (Å²) in [5.41, 5.74) is 3.41. The predicted octanol–water partition coefficient (Wildman–Crippen LogP) is 5.29. The van der Waals surface area contributed by atoms with E-state index in [4.69, 9.17) is 31.0 Å². The van der Waals surface area contributed by atoms with Gasteiger partial charge in [-0.2, -0.15) is 0 Å². The van der Waals surface area contributed by atoms with Gasteiger partial charge in [-0.3, -0.25) is 4.79 Å². The normalized spacial score (nSPS) is 26.4. The Hall–Kier alpha value is -2.86. The summed E-state index contributed by atoms with van der Waals surface area (Å²) in [7, 11) is 0. The summed E-state index contributed by atoms with van der Waals surface area (Å²) in [6.07, 6.45) is 1.60. The number of carbonyl (C=O) groups is 1. The van der Waals surface area contributed by atoms with E-state index < -0.39 is 5.41 Å². The molecule has 0 radical (unpaired) electrons. The highest BCUT2D eigenvalue weighted by atomic mass is 35.5. The molecule has 6 rings (SSSR count). The number of fused-ring (bicyclic) bond motifs is 7. The molecule has 1 saturated carbocycles. The largest absolute Gasteiger partial charge is 0.454 e. The number of aryl methyl sites for hydroxylation is 1. The molecule has 164 valence electrons. The molecule has 1 amide bonds. The van der Waals surface area contributed by atoms with Crippen molar-refractivity contribution in [2.75, 3.05) is 12.1 Å². The Morgan fingerprint density at radius 2 is 1.66 bits per heavy atom. The maximum Gasteiger partial charge on any atom is 0.237 e. The Balaban J connectivity index is 1.52. The van der Waals surface area contributed by atoms with E-state index in [1.807, 2.05) is 31.2 Å². The average Bonchev–Trinajstić information content (AvgIpc) is 3.32. The second-order valence-electron chi connectivity index (χ2n) is 9.90. The van der Waals surface area contributed by atoms with E-state index in [0.717, 1.165) is 35.3 Å². The van der Waals surface area contributed by atoms with Crippen molar-refractivity contribution in [2.45, 2.75) is 51.4 Å². The van der Waals surface area contributed by atoms with E-state index in [2.05, 4.69) is 26.1 Å². The Labute approximate surface area is 191 Å². The van der Waals surface area contributed by atoms with Crippen molar-refractivity contribution in [3.8, 4) is 11.5 Å². The first kappa shape index (κ1) is 19.8. The molecule has 32 heavy (non-hydrogen) atoms. The standard InChI is InChI=1S/C25H24ClN3O3/c1-13-5-6-14(9-15(13)26)27-22(30)25-8-7-24(4,23(25,2)3)20-21(25)29-17-11-19-18(31-12-32-19)10-16(17)28-20/h5-6,9-11H,7-8,12H2,1-4H3,(H,27,30). The van der Waals surface area contributed by atoms with Crippen LogP contribution in [0.2, 0.25) is 5.02 Å². The van der Waals surface area contributed by atoms with Gasteiger partial charge in [-0.25, -0.2) is 9.97 Å². The summed E-state index contributed by atoms with van der Waals surface area (Å²) < 4.78 is 11.1. The number of hydrogen-bond donors (Lipinski definition) is 1. The third-order valence-electron chi connectivity index (χ3n) is 8.35. The van der Waals surface area contributed by atoms with Gasteiger partial charge < -0.3 is 14.8 Å². The fourth-order valence-corrected chi connectivity index (χ4v) is 6.08. The van der Waals surface area contributed by atoms with E-state index in [-0.39, 0.29) is 23.5 Å². The van der Waals surface area contributed by atoms with Crippen LogP contribution >= 0.6 is 11.6 Å². The van der Waals surface area contributed by atoms with Crippen LogP contribution in [-0.2, 0) is 15.6 Å². The molecular formula is C25H24ClN3O3. The predicted molar refractivity (Wildman–Crippen MR) is 123 cm³/mol. The number of nitrogens with one attached hydrogen (secondary N) is 1. The van der Waals surface area contributed by atoms with Crippen LogP contribution in [-0.4, -0.2) is 22.7 Å². The van der Waals surface area contributed by atoms with E-state index in [0.29, 0.717) is 27.7 Å². The minimum Gasteiger partial charge on any atom is -0.454 e. The van der Waals surface area contributed by atoms with Gasteiger partial charge in [0.1, 0.15) is 0 Å². The Morgan fingerprint density at radius 1 is 1.00 bits per heavy atom. The summed E-state index contributed by atoms with van der Waals surface area (Å²) in [5, 5.41) is 3.77. The lowest BCUT2D eigenvalue weighted by Crippen LogP contribution is -2.48. The lowest BCUT2D eigenvalue weighted by Gasteiger charge is -2.39. The molecule has 3 aliphatic rings. The van der Waals surface area contributed by atoms with Gasteiger partial charge in [0.2, 0.25) is 12.7 Å². The zero-order valence-electron chi connectivity index (χ0n) is 18.5. The van der Waals surface area contributed by atoms with Gasteiger partial charge in [0.15, 0.2) is 11.5 Å². The molecule has 7 heteroatoms. The van der Waals surface area contributed by atoms with Gasteiger partial charge in [0, 0.05) is 28.3 Å². The van der Waals surface area contributed by atoms with Gasteiger partial charge in [-0.15, -0.1) is 0 Å². The molecule has 2 atom stereocenters. The van der Waals surface area contributed by atoms with E-state index in [1.54, 1.807) is 6.07 Å². The average molecular weight is 450 g/mol. The third-order valence-corrected chi connectivity index (χ3v) is 8.76. The van der Waals surface area contributed by atoms with Crippen molar-refractivity contribution in [2.24, 2.45) is 5.41 Å². The monoisotopic (exact) mass is 449 g/mol. The number of carbonyl (C=O) groups excluding carboxylic acids is 1. The number of benzene rings is 2. The van der Waals surface area contributed by atoms with Gasteiger partial charge in [-0.05, 0) is 42.9 Å². The molecule has 0 saturated heterocycles. The van der Waals surface area contributed by atoms with Gasteiger partial charge in [0.25, 0.3) is 0 Å². The van der Waals surface area contributed by atoms with Gasteiger partial charge >= 0.3 is 0 Å². The number of amides is 1. The zero-order valence-corrected chi connectivity index (χ0v) is 19.3. The first-order valence-corrected chi connectivity index (χ1v) is 11.3. The summed E-state index contributed by atoms with van der Waals surface area (Å²) in [6.45, 7) is 8.69. The van der Waals surface area contributed by atoms with Crippen molar-refractivity contribution < 1.29 is 14.3 Å². The number of rotatable bonds is 2. The van der Waals surface area contributed by atoms with Crippen molar-refractivity contribution in [1.82, 2.24) is 9.97 Å². The Morgan fingerprint density at radius 3 is 2.31 bits per heavy atom. The van der Waals surface area contributed by atoms with Crippen molar-refractivity contribution in [3.05, 3.63) is 52.3 Å². The van der Waals surface area contributed by atoms with Crippen LogP contribution in [0.4, 0.5) is 5.69 Å². The number of anilines is 1. The number of halogens is 1. The molecule has 2 heterocycles. The quantitative estimate of drug-likeness (QED) is 0.575. The molecule has 6 nitrogen and oxygen atoms in total. The summed E-state index contributed by atoms with van der Waals surface area (Å²) >= 11 is 6.31. The maximum absolute atomic E-state index is 14.0. The topological polar surface area (TPSA) is 73.3 Å². The summed E-state index contributed by atoms with van der Waals surface area (Å²) in [4.78, 5) is 24.1. The van der Waals surface area contributed by atoms with Crippen LogP contribution in [0.5, 0.6) is 11.5 Å². The molecule has 3 aromatic rings. The van der Waals surface area contributed by atoms with Crippen molar-refractivity contribution in [1.29, 1.82) is 0 Å². The summed E-state index contributed by atoms with van der Waals surface area (Å²) in [6, 6.07) is 9.35. The number of hydrogen-bond acceptors (Lipinski definition) is 5. The number of ether oxygens (including phenoxy) is 2. The minimum atomic E-state index is -0.786. The first-order valence-electron chi connectivity index (χ1n) is 10.9. The van der Waals surface area contributed by atoms with Crippen LogP contribution < -0.4 is 14.8 Å². The van der Waals surface area contributed by atoms with E-state index in [9.17, 15) is 4.79 Å². The molecule has 2 aliphatic carbocycles. The van der Waals surface area contributed by atoms with Crippen molar-refractivity contribution in [3.63, 3.8) is 0 Å². The van der Waals surface area contributed by atoms with E-state index >= 15 is 0 Å². The highest BCUT2D eigenvalue weighted by Gasteiger charge is 2.73. The lowest BCUT2D eigenvalue weighted by atomic mass is 9.63. The summed E-state index contributed by atoms with van der Waals surface area (Å²) in [5.74, 6) is 1.29. The molecule has 1 aliphatic heterocycles. The van der Waals surface area contributed by atoms with Crippen LogP contribution in [0.1, 0.15) is 50.6 Å². The van der Waals surface area contributed by atoms with E-state index in [1.165, 1.54) is 0 Å². The fraction of sp³-hybridized carbons (Fsp3) is 0.400. The third kappa shape index (κ3) is 2.23. The van der Waals surface area contributed by atoms with Crippen LogP contribution in [0.3, 0.4) is 0 Å². The van der Waals surface area contributed by atoms with Gasteiger partial charge in [0.05, 0.1) is 27.8 Å². The molecule has 0 spiro atoms. The van der Waals surface area contributed by atoms with Crippen molar-refractivity contribution >= 4 is 34.2 Å². The lowest BCUT2D eigenvalue weighted by molar-refractivity contribution is -0.125.